The normalized spacial score (nSPS) is 11.6. The molecule has 0 aliphatic rings. The van der Waals surface area contributed by atoms with Crippen molar-refractivity contribution < 1.29 is 5.11 Å². The van der Waals surface area contributed by atoms with Crippen molar-refractivity contribution in [1.82, 2.24) is 9.78 Å². The second-order valence-electron chi connectivity index (χ2n) is 3.91. The zero-order chi connectivity index (χ0) is 10.0. The van der Waals surface area contributed by atoms with Gasteiger partial charge in [0.05, 0.1) is 18.0 Å². The summed E-state index contributed by atoms with van der Waals surface area (Å²) in [6.07, 6.45) is 0. The molecule has 0 unspecified atom stereocenters. The highest BCUT2D eigenvalue weighted by Crippen LogP contribution is 2.17. The van der Waals surface area contributed by atoms with Gasteiger partial charge in [0.15, 0.2) is 0 Å². The van der Waals surface area contributed by atoms with Gasteiger partial charge in [-0.15, -0.1) is 0 Å². The predicted octanol–water partition coefficient (Wildman–Crippen LogP) is 2.08. The molecule has 0 fully saturated rings. The predicted molar refractivity (Wildman–Crippen MR) is 52.6 cm³/mol. The van der Waals surface area contributed by atoms with Crippen molar-refractivity contribution >= 4 is 0 Å². The molecule has 0 atom stereocenters. The molecule has 0 radical (unpaired) electrons. The SMILES string of the molecule is CC(C)c1cc(CO)n(C(C)C)n1. The summed E-state index contributed by atoms with van der Waals surface area (Å²) in [7, 11) is 0. The van der Waals surface area contributed by atoms with Gasteiger partial charge >= 0.3 is 0 Å². The molecule has 0 bridgehead atoms. The summed E-state index contributed by atoms with van der Waals surface area (Å²) in [6, 6.07) is 2.29. The van der Waals surface area contributed by atoms with E-state index in [4.69, 9.17) is 5.11 Å². The van der Waals surface area contributed by atoms with Gasteiger partial charge in [0.1, 0.15) is 0 Å². The molecule has 0 saturated heterocycles. The minimum atomic E-state index is 0.0674. The van der Waals surface area contributed by atoms with Crippen molar-refractivity contribution in [2.24, 2.45) is 0 Å². The lowest BCUT2D eigenvalue weighted by Crippen LogP contribution is -2.07. The Labute approximate surface area is 79.4 Å². The standard InChI is InChI=1S/C10H18N2O/c1-7(2)10-5-9(6-13)12(11-10)8(3)4/h5,7-8,13H,6H2,1-4H3. The summed E-state index contributed by atoms with van der Waals surface area (Å²) >= 11 is 0. The third-order valence-corrected chi connectivity index (χ3v) is 2.07. The largest absolute Gasteiger partial charge is 0.390 e. The Morgan fingerprint density at radius 3 is 2.31 bits per heavy atom. The van der Waals surface area contributed by atoms with Crippen LogP contribution in [0.1, 0.15) is 51.0 Å². The van der Waals surface area contributed by atoms with E-state index in [9.17, 15) is 0 Å². The molecule has 1 rings (SSSR count). The monoisotopic (exact) mass is 182 g/mol. The molecule has 3 heteroatoms. The van der Waals surface area contributed by atoms with Gasteiger partial charge in [-0.3, -0.25) is 4.68 Å². The first-order valence-electron chi connectivity index (χ1n) is 4.75. The number of aromatic nitrogens is 2. The van der Waals surface area contributed by atoms with Crippen LogP contribution in [0.3, 0.4) is 0 Å². The van der Waals surface area contributed by atoms with Crippen molar-refractivity contribution in [3.63, 3.8) is 0 Å². The van der Waals surface area contributed by atoms with Gasteiger partial charge in [0.25, 0.3) is 0 Å². The lowest BCUT2D eigenvalue weighted by atomic mass is 10.1. The van der Waals surface area contributed by atoms with E-state index in [2.05, 4.69) is 32.8 Å². The first kappa shape index (κ1) is 10.3. The number of hydrogen-bond donors (Lipinski definition) is 1. The van der Waals surface area contributed by atoms with E-state index in [1.54, 1.807) is 0 Å². The van der Waals surface area contributed by atoms with E-state index in [1.807, 2.05) is 10.7 Å². The second kappa shape index (κ2) is 3.92. The Hall–Kier alpha value is -0.830. The molecule has 3 nitrogen and oxygen atoms in total. The lowest BCUT2D eigenvalue weighted by Gasteiger charge is -2.08. The molecular weight excluding hydrogens is 164 g/mol. The average molecular weight is 182 g/mol. The molecule has 0 spiro atoms. The molecule has 1 N–H and O–H groups in total. The maximum Gasteiger partial charge on any atom is 0.0850 e. The van der Waals surface area contributed by atoms with E-state index in [0.717, 1.165) is 11.4 Å². The Kier molecular flexibility index (Phi) is 3.09. The van der Waals surface area contributed by atoms with Crippen LogP contribution in [0.4, 0.5) is 0 Å². The molecule has 1 aromatic rings. The van der Waals surface area contributed by atoms with E-state index in [-0.39, 0.29) is 6.61 Å². The molecule has 0 saturated carbocycles. The molecule has 0 aliphatic carbocycles. The first-order valence-corrected chi connectivity index (χ1v) is 4.75. The molecule has 1 aromatic heterocycles. The van der Waals surface area contributed by atoms with Crippen LogP contribution in [0.5, 0.6) is 0 Å². The van der Waals surface area contributed by atoms with Gasteiger partial charge in [0, 0.05) is 6.04 Å². The van der Waals surface area contributed by atoms with Gasteiger partial charge in [0.2, 0.25) is 0 Å². The number of aliphatic hydroxyl groups is 1. The summed E-state index contributed by atoms with van der Waals surface area (Å²) in [5, 5.41) is 13.5. The van der Waals surface area contributed by atoms with Crippen LogP contribution in [0, 0.1) is 0 Å². The number of aliphatic hydroxyl groups excluding tert-OH is 1. The smallest absolute Gasteiger partial charge is 0.0850 e. The van der Waals surface area contributed by atoms with E-state index < -0.39 is 0 Å². The van der Waals surface area contributed by atoms with Crippen LogP contribution in [0.2, 0.25) is 0 Å². The molecule has 13 heavy (non-hydrogen) atoms. The van der Waals surface area contributed by atoms with Gasteiger partial charge in [-0.1, -0.05) is 13.8 Å². The van der Waals surface area contributed by atoms with E-state index in [1.165, 1.54) is 0 Å². The van der Waals surface area contributed by atoms with E-state index in [0.29, 0.717) is 12.0 Å². The highest BCUT2D eigenvalue weighted by atomic mass is 16.3. The summed E-state index contributed by atoms with van der Waals surface area (Å²) in [5.74, 6) is 0.422. The van der Waals surface area contributed by atoms with Crippen molar-refractivity contribution in [2.75, 3.05) is 0 Å². The Bertz CT molecular complexity index is 276. The Morgan fingerprint density at radius 1 is 1.38 bits per heavy atom. The number of nitrogens with zero attached hydrogens (tertiary/aromatic N) is 2. The quantitative estimate of drug-likeness (QED) is 0.777. The number of rotatable bonds is 3. The molecule has 0 amide bonds. The van der Waals surface area contributed by atoms with E-state index >= 15 is 0 Å². The molecule has 1 heterocycles. The van der Waals surface area contributed by atoms with Crippen LogP contribution in [0.25, 0.3) is 0 Å². The Balaban J connectivity index is 3.04. The molecular formula is C10H18N2O. The molecule has 0 aromatic carbocycles. The highest BCUT2D eigenvalue weighted by molar-refractivity contribution is 5.13. The third kappa shape index (κ3) is 2.10. The lowest BCUT2D eigenvalue weighted by molar-refractivity contribution is 0.264. The molecule has 74 valence electrons. The van der Waals surface area contributed by atoms with Crippen molar-refractivity contribution in [3.05, 3.63) is 17.5 Å². The van der Waals surface area contributed by atoms with Gasteiger partial charge in [-0.25, -0.2) is 0 Å². The topological polar surface area (TPSA) is 38.0 Å². The molecule has 0 aliphatic heterocycles. The fourth-order valence-corrected chi connectivity index (χ4v) is 1.30. The van der Waals surface area contributed by atoms with Crippen molar-refractivity contribution in [1.29, 1.82) is 0 Å². The van der Waals surface area contributed by atoms with Gasteiger partial charge in [-0.05, 0) is 25.8 Å². The van der Waals surface area contributed by atoms with Crippen LogP contribution in [-0.4, -0.2) is 14.9 Å². The van der Waals surface area contributed by atoms with Crippen LogP contribution in [-0.2, 0) is 6.61 Å². The van der Waals surface area contributed by atoms with Gasteiger partial charge < -0.3 is 5.11 Å². The maximum atomic E-state index is 9.10. The zero-order valence-corrected chi connectivity index (χ0v) is 8.78. The second-order valence-corrected chi connectivity index (χ2v) is 3.91. The average Bonchev–Trinajstić information content (AvgIpc) is 2.47. The summed E-state index contributed by atoms with van der Waals surface area (Å²) in [5.41, 5.74) is 1.96. The minimum absolute atomic E-state index is 0.0674. The van der Waals surface area contributed by atoms with Crippen LogP contribution < -0.4 is 0 Å². The fourth-order valence-electron chi connectivity index (χ4n) is 1.30. The summed E-state index contributed by atoms with van der Waals surface area (Å²) in [6.45, 7) is 8.41. The number of hydrogen-bond acceptors (Lipinski definition) is 2. The van der Waals surface area contributed by atoms with Crippen molar-refractivity contribution in [2.45, 2.75) is 46.3 Å². The highest BCUT2D eigenvalue weighted by Gasteiger charge is 2.11. The van der Waals surface area contributed by atoms with Crippen LogP contribution >= 0.6 is 0 Å². The maximum absolute atomic E-state index is 9.10. The Morgan fingerprint density at radius 2 is 2.00 bits per heavy atom. The fraction of sp³-hybridized carbons (Fsp3) is 0.700. The summed E-state index contributed by atoms with van der Waals surface area (Å²) < 4.78 is 1.88. The van der Waals surface area contributed by atoms with Gasteiger partial charge in [-0.2, -0.15) is 5.10 Å². The van der Waals surface area contributed by atoms with Crippen molar-refractivity contribution in [3.8, 4) is 0 Å². The van der Waals surface area contributed by atoms with Crippen LogP contribution in [0.15, 0.2) is 6.07 Å². The zero-order valence-electron chi connectivity index (χ0n) is 8.78. The third-order valence-electron chi connectivity index (χ3n) is 2.07. The minimum Gasteiger partial charge on any atom is -0.390 e. The summed E-state index contributed by atoms with van der Waals surface area (Å²) in [4.78, 5) is 0. The first-order chi connectivity index (χ1) is 6.06.